The summed E-state index contributed by atoms with van der Waals surface area (Å²) in [5, 5.41) is 0.630. The van der Waals surface area contributed by atoms with Gasteiger partial charge in [0, 0.05) is 25.3 Å². The Morgan fingerprint density at radius 3 is 2.69 bits per heavy atom. The Hall–Kier alpha value is -3.09. The Labute approximate surface area is 150 Å². The van der Waals surface area contributed by atoms with E-state index < -0.39 is 0 Å². The predicted molar refractivity (Wildman–Crippen MR) is 96.9 cm³/mol. The topological polar surface area (TPSA) is 81.0 Å². The van der Waals surface area contributed by atoms with E-state index in [1.165, 1.54) is 6.33 Å². The fraction of sp³-hybridized carbons (Fsp3) is 0.316. The van der Waals surface area contributed by atoms with Crippen molar-refractivity contribution in [3.8, 4) is 0 Å². The number of benzene rings is 1. The van der Waals surface area contributed by atoms with Crippen LogP contribution in [0.15, 0.2) is 47.9 Å². The molecule has 0 saturated carbocycles. The molecule has 1 amide bonds. The number of aryl methyl sites for hydroxylation is 1. The highest BCUT2D eigenvalue weighted by Gasteiger charge is 2.26. The summed E-state index contributed by atoms with van der Waals surface area (Å²) in [5.41, 5.74) is 1.91. The number of para-hydroxylation sites is 1. The molecule has 2 aromatic heterocycles. The third kappa shape index (κ3) is 2.85. The van der Waals surface area contributed by atoms with Crippen molar-refractivity contribution in [2.75, 3.05) is 13.1 Å². The number of carbonyl (C=O) groups excluding carboxylic acids is 1. The van der Waals surface area contributed by atoms with E-state index in [2.05, 4.69) is 15.0 Å². The summed E-state index contributed by atoms with van der Waals surface area (Å²) < 4.78 is 1.71. The normalized spacial score (nSPS) is 15.3. The van der Waals surface area contributed by atoms with Gasteiger partial charge in [-0.1, -0.05) is 12.1 Å². The number of aromatic nitrogens is 4. The van der Waals surface area contributed by atoms with Crippen LogP contribution < -0.4 is 5.56 Å². The van der Waals surface area contributed by atoms with Crippen LogP contribution in [0.25, 0.3) is 10.9 Å². The Bertz CT molecular complexity index is 1020. The maximum atomic E-state index is 12.7. The molecule has 0 radical (unpaired) electrons. The third-order valence-electron chi connectivity index (χ3n) is 4.98. The molecule has 0 atom stereocenters. The Morgan fingerprint density at radius 1 is 1.15 bits per heavy atom. The third-order valence-corrected chi connectivity index (χ3v) is 4.98. The molecule has 1 aliphatic heterocycles. The Balaban J connectivity index is 1.52. The predicted octanol–water partition coefficient (Wildman–Crippen LogP) is 1.97. The maximum absolute atomic E-state index is 12.7. The van der Waals surface area contributed by atoms with Gasteiger partial charge in [-0.05, 0) is 31.9 Å². The SMILES string of the molecule is Cc1ncncc1C(=O)N1CCC(n2cnc3ccccc3c2=O)CC1. The molecule has 3 aromatic rings. The van der Waals surface area contributed by atoms with Crippen molar-refractivity contribution in [1.29, 1.82) is 0 Å². The van der Waals surface area contributed by atoms with Crippen molar-refractivity contribution in [1.82, 2.24) is 24.4 Å². The fourth-order valence-corrected chi connectivity index (χ4v) is 3.46. The lowest BCUT2D eigenvalue weighted by Gasteiger charge is -2.33. The van der Waals surface area contributed by atoms with Gasteiger partial charge in [-0.2, -0.15) is 0 Å². The van der Waals surface area contributed by atoms with Gasteiger partial charge < -0.3 is 4.90 Å². The van der Waals surface area contributed by atoms with Crippen molar-refractivity contribution in [3.05, 3.63) is 64.7 Å². The molecule has 1 aliphatic rings. The average molecular weight is 349 g/mol. The molecule has 132 valence electrons. The zero-order chi connectivity index (χ0) is 18.1. The van der Waals surface area contributed by atoms with Gasteiger partial charge >= 0.3 is 0 Å². The van der Waals surface area contributed by atoms with Gasteiger partial charge in [0.15, 0.2) is 0 Å². The summed E-state index contributed by atoms with van der Waals surface area (Å²) in [6, 6.07) is 7.42. The quantitative estimate of drug-likeness (QED) is 0.706. The molecule has 0 aliphatic carbocycles. The molecule has 0 N–H and O–H groups in total. The van der Waals surface area contributed by atoms with Crippen molar-refractivity contribution >= 4 is 16.8 Å². The molecule has 0 unspecified atom stereocenters. The van der Waals surface area contributed by atoms with Crippen molar-refractivity contribution in [3.63, 3.8) is 0 Å². The van der Waals surface area contributed by atoms with Crippen molar-refractivity contribution in [2.24, 2.45) is 0 Å². The van der Waals surface area contributed by atoms with Crippen LogP contribution in [0.5, 0.6) is 0 Å². The van der Waals surface area contributed by atoms with E-state index in [1.54, 1.807) is 23.2 Å². The highest BCUT2D eigenvalue weighted by atomic mass is 16.2. The van der Waals surface area contributed by atoms with Gasteiger partial charge in [0.05, 0.1) is 28.5 Å². The van der Waals surface area contributed by atoms with Gasteiger partial charge in [0.2, 0.25) is 0 Å². The van der Waals surface area contributed by atoms with Gasteiger partial charge in [-0.15, -0.1) is 0 Å². The van der Waals surface area contributed by atoms with E-state index in [0.29, 0.717) is 35.2 Å². The van der Waals surface area contributed by atoms with Crippen LogP contribution >= 0.6 is 0 Å². The number of piperidine rings is 1. The Kier molecular flexibility index (Phi) is 4.20. The first-order valence-corrected chi connectivity index (χ1v) is 8.67. The number of hydrogen-bond donors (Lipinski definition) is 0. The van der Waals surface area contributed by atoms with Gasteiger partial charge in [-0.3, -0.25) is 14.2 Å². The number of nitrogens with zero attached hydrogens (tertiary/aromatic N) is 5. The lowest BCUT2D eigenvalue weighted by molar-refractivity contribution is 0.0691. The molecule has 7 nitrogen and oxygen atoms in total. The van der Waals surface area contributed by atoms with Crippen LogP contribution in [0.2, 0.25) is 0 Å². The molecule has 4 rings (SSSR count). The number of likely N-dealkylation sites (tertiary alicyclic amines) is 1. The van der Waals surface area contributed by atoms with E-state index >= 15 is 0 Å². The minimum absolute atomic E-state index is 0.0207. The van der Waals surface area contributed by atoms with Crippen LogP contribution in [0.4, 0.5) is 0 Å². The van der Waals surface area contributed by atoms with E-state index in [4.69, 9.17) is 0 Å². The van der Waals surface area contributed by atoms with Crippen LogP contribution in [0, 0.1) is 6.92 Å². The molecule has 0 bridgehead atoms. The molecule has 1 aromatic carbocycles. The van der Waals surface area contributed by atoms with E-state index in [1.807, 2.05) is 30.0 Å². The summed E-state index contributed by atoms with van der Waals surface area (Å²) in [6.45, 7) is 3.00. The first kappa shape index (κ1) is 16.4. The second-order valence-electron chi connectivity index (χ2n) is 6.52. The lowest BCUT2D eigenvalue weighted by atomic mass is 10.0. The summed E-state index contributed by atoms with van der Waals surface area (Å²) in [5.74, 6) is -0.0504. The standard InChI is InChI=1S/C19H19N5O2/c1-13-16(10-20-11-21-13)18(25)23-8-6-14(7-9-23)24-12-22-17-5-3-2-4-15(17)19(24)26/h2-5,10-12,14H,6-9H2,1H3. The zero-order valence-corrected chi connectivity index (χ0v) is 14.5. The highest BCUT2D eigenvalue weighted by Crippen LogP contribution is 2.23. The van der Waals surface area contributed by atoms with Gasteiger partial charge in [0.25, 0.3) is 11.5 Å². The van der Waals surface area contributed by atoms with E-state index in [-0.39, 0.29) is 17.5 Å². The van der Waals surface area contributed by atoms with Crippen LogP contribution in [-0.4, -0.2) is 43.4 Å². The maximum Gasteiger partial charge on any atom is 0.261 e. The minimum atomic E-state index is -0.0504. The molecule has 1 saturated heterocycles. The first-order valence-electron chi connectivity index (χ1n) is 8.67. The molecular weight excluding hydrogens is 330 g/mol. The highest BCUT2D eigenvalue weighted by molar-refractivity contribution is 5.94. The summed E-state index contributed by atoms with van der Waals surface area (Å²) in [6.07, 6.45) is 6.07. The second kappa shape index (κ2) is 6.67. The molecule has 3 heterocycles. The van der Waals surface area contributed by atoms with E-state index in [9.17, 15) is 9.59 Å². The van der Waals surface area contributed by atoms with E-state index in [0.717, 1.165) is 12.8 Å². The van der Waals surface area contributed by atoms with Crippen LogP contribution in [-0.2, 0) is 0 Å². The lowest BCUT2D eigenvalue weighted by Crippen LogP contribution is -2.41. The van der Waals surface area contributed by atoms with Crippen LogP contribution in [0.3, 0.4) is 0 Å². The molecule has 7 heteroatoms. The van der Waals surface area contributed by atoms with Crippen molar-refractivity contribution < 1.29 is 4.79 Å². The molecule has 0 spiro atoms. The molecule has 26 heavy (non-hydrogen) atoms. The monoisotopic (exact) mass is 349 g/mol. The summed E-state index contributed by atoms with van der Waals surface area (Å²) in [7, 11) is 0. The smallest absolute Gasteiger partial charge is 0.261 e. The van der Waals surface area contributed by atoms with Crippen LogP contribution in [0.1, 0.15) is 34.9 Å². The number of amides is 1. The number of carbonyl (C=O) groups is 1. The Morgan fingerprint density at radius 2 is 1.92 bits per heavy atom. The van der Waals surface area contributed by atoms with Gasteiger partial charge in [0.1, 0.15) is 6.33 Å². The largest absolute Gasteiger partial charge is 0.338 e. The number of rotatable bonds is 2. The fourth-order valence-electron chi connectivity index (χ4n) is 3.46. The van der Waals surface area contributed by atoms with Crippen molar-refractivity contribution in [2.45, 2.75) is 25.8 Å². The summed E-state index contributed by atoms with van der Waals surface area (Å²) >= 11 is 0. The zero-order valence-electron chi connectivity index (χ0n) is 14.5. The summed E-state index contributed by atoms with van der Waals surface area (Å²) in [4.78, 5) is 39.6. The van der Waals surface area contributed by atoms with Gasteiger partial charge in [-0.25, -0.2) is 15.0 Å². The number of fused-ring (bicyclic) bond motifs is 1. The minimum Gasteiger partial charge on any atom is -0.338 e. The molecule has 1 fully saturated rings. The first-order chi connectivity index (χ1) is 12.6. The molecular formula is C19H19N5O2. The second-order valence-corrected chi connectivity index (χ2v) is 6.52. The average Bonchev–Trinajstić information content (AvgIpc) is 2.69. The number of hydrogen-bond acceptors (Lipinski definition) is 5.